The molecule has 0 radical (unpaired) electrons. The summed E-state index contributed by atoms with van der Waals surface area (Å²) < 4.78 is 11.4. The lowest BCUT2D eigenvalue weighted by Gasteiger charge is -2.14. The van der Waals surface area contributed by atoms with Gasteiger partial charge in [-0.25, -0.2) is 0 Å². The molecule has 1 atom stereocenters. The molecule has 86 valence electrons. The molecule has 3 rings (SSSR count). The van der Waals surface area contributed by atoms with Crippen LogP contribution < -0.4 is 15.2 Å². The molecule has 1 aromatic carbocycles. The van der Waals surface area contributed by atoms with Crippen LogP contribution in [-0.4, -0.2) is 19.3 Å². The number of benzene rings is 1. The van der Waals surface area contributed by atoms with E-state index in [1.165, 1.54) is 16.7 Å². The lowest BCUT2D eigenvalue weighted by Crippen LogP contribution is -2.19. The number of nitrogens with two attached hydrogens (primary N) is 1. The summed E-state index contributed by atoms with van der Waals surface area (Å²) >= 11 is 0. The van der Waals surface area contributed by atoms with Crippen LogP contribution in [0.25, 0.3) is 0 Å². The van der Waals surface area contributed by atoms with Gasteiger partial charge in [-0.3, -0.25) is 0 Å². The van der Waals surface area contributed by atoms with Gasteiger partial charge in [0.2, 0.25) is 0 Å². The van der Waals surface area contributed by atoms with Gasteiger partial charge in [0.25, 0.3) is 0 Å². The molecule has 2 aliphatic heterocycles. The molecular weight excluding hydrogens is 202 g/mol. The molecule has 0 unspecified atom stereocenters. The van der Waals surface area contributed by atoms with Crippen molar-refractivity contribution in [3.8, 4) is 11.5 Å². The van der Waals surface area contributed by atoms with Crippen molar-refractivity contribution in [2.75, 3.05) is 13.2 Å². The van der Waals surface area contributed by atoms with Gasteiger partial charge in [-0.2, -0.15) is 0 Å². The Morgan fingerprint density at radius 1 is 1.31 bits per heavy atom. The average Bonchev–Trinajstić information content (AvgIpc) is 2.83. The number of ether oxygens (including phenoxy) is 2. The number of hydrogen-bond acceptors (Lipinski definition) is 3. The topological polar surface area (TPSA) is 44.5 Å². The molecule has 3 nitrogen and oxygen atoms in total. The van der Waals surface area contributed by atoms with Crippen molar-refractivity contribution in [2.24, 2.45) is 5.73 Å². The zero-order valence-corrected chi connectivity index (χ0v) is 9.58. The third-order valence-corrected chi connectivity index (χ3v) is 3.29. The van der Waals surface area contributed by atoms with Gasteiger partial charge in [0, 0.05) is 35.6 Å². The van der Waals surface area contributed by atoms with Crippen molar-refractivity contribution in [2.45, 2.75) is 32.2 Å². The van der Waals surface area contributed by atoms with E-state index in [9.17, 15) is 0 Å². The third-order valence-electron chi connectivity index (χ3n) is 3.29. The highest BCUT2D eigenvalue weighted by atomic mass is 16.5. The van der Waals surface area contributed by atoms with Crippen molar-refractivity contribution in [1.29, 1.82) is 0 Å². The quantitative estimate of drug-likeness (QED) is 0.818. The second-order valence-corrected chi connectivity index (χ2v) is 4.70. The van der Waals surface area contributed by atoms with Crippen LogP contribution >= 0.6 is 0 Å². The van der Waals surface area contributed by atoms with Gasteiger partial charge >= 0.3 is 0 Å². The minimum Gasteiger partial charge on any atom is -0.493 e. The predicted octanol–water partition coefficient (Wildman–Crippen LogP) is 1.45. The zero-order valence-electron chi connectivity index (χ0n) is 9.58. The Hall–Kier alpha value is -1.22. The van der Waals surface area contributed by atoms with Crippen LogP contribution in [0.1, 0.15) is 23.6 Å². The first-order valence-electron chi connectivity index (χ1n) is 5.94. The SMILES string of the molecule is C[C@H](N)Cc1c2c(cc3c1OCC3)OCC2. The van der Waals surface area contributed by atoms with Crippen LogP contribution in [0.4, 0.5) is 0 Å². The van der Waals surface area contributed by atoms with Gasteiger partial charge in [0.15, 0.2) is 0 Å². The Labute approximate surface area is 95.5 Å². The molecule has 2 heterocycles. The van der Waals surface area contributed by atoms with Crippen molar-refractivity contribution < 1.29 is 9.47 Å². The van der Waals surface area contributed by atoms with Gasteiger partial charge in [-0.15, -0.1) is 0 Å². The standard InChI is InChI=1S/C13H17NO2/c1-8(14)6-11-10-3-5-15-12(10)7-9-2-4-16-13(9)11/h7-8H,2-6,14H2,1H3/t8-/m0/s1. The second-order valence-electron chi connectivity index (χ2n) is 4.70. The fourth-order valence-corrected chi connectivity index (χ4v) is 2.62. The van der Waals surface area contributed by atoms with Crippen molar-refractivity contribution in [3.05, 3.63) is 22.8 Å². The van der Waals surface area contributed by atoms with E-state index in [2.05, 4.69) is 6.07 Å². The zero-order chi connectivity index (χ0) is 11.1. The maximum absolute atomic E-state index is 5.92. The Morgan fingerprint density at radius 3 is 2.94 bits per heavy atom. The van der Waals surface area contributed by atoms with Crippen LogP contribution in [0, 0.1) is 0 Å². The van der Waals surface area contributed by atoms with E-state index in [0.29, 0.717) is 0 Å². The van der Waals surface area contributed by atoms with Crippen LogP contribution in [0.3, 0.4) is 0 Å². The first-order chi connectivity index (χ1) is 7.75. The van der Waals surface area contributed by atoms with Crippen LogP contribution in [0.15, 0.2) is 6.07 Å². The van der Waals surface area contributed by atoms with E-state index >= 15 is 0 Å². The van der Waals surface area contributed by atoms with Gasteiger partial charge < -0.3 is 15.2 Å². The second kappa shape index (κ2) is 3.67. The molecule has 1 aromatic rings. The van der Waals surface area contributed by atoms with Crippen LogP contribution in [0.2, 0.25) is 0 Å². The summed E-state index contributed by atoms with van der Waals surface area (Å²) in [4.78, 5) is 0. The van der Waals surface area contributed by atoms with Crippen LogP contribution in [0.5, 0.6) is 11.5 Å². The summed E-state index contributed by atoms with van der Waals surface area (Å²) in [5.41, 5.74) is 9.81. The summed E-state index contributed by atoms with van der Waals surface area (Å²) in [6.45, 7) is 3.63. The lowest BCUT2D eigenvalue weighted by molar-refractivity contribution is 0.352. The van der Waals surface area contributed by atoms with E-state index < -0.39 is 0 Å². The maximum atomic E-state index is 5.92. The van der Waals surface area contributed by atoms with Crippen molar-refractivity contribution in [1.82, 2.24) is 0 Å². The Morgan fingerprint density at radius 2 is 2.12 bits per heavy atom. The summed E-state index contributed by atoms with van der Waals surface area (Å²) in [5.74, 6) is 2.14. The minimum absolute atomic E-state index is 0.167. The molecule has 0 fully saturated rings. The maximum Gasteiger partial charge on any atom is 0.126 e. The molecule has 0 amide bonds. The predicted molar refractivity (Wildman–Crippen MR) is 62.2 cm³/mol. The van der Waals surface area contributed by atoms with Crippen molar-refractivity contribution in [3.63, 3.8) is 0 Å². The highest BCUT2D eigenvalue weighted by Crippen LogP contribution is 2.40. The Kier molecular flexibility index (Phi) is 2.28. The smallest absolute Gasteiger partial charge is 0.126 e. The third kappa shape index (κ3) is 1.47. The van der Waals surface area contributed by atoms with Crippen LogP contribution in [-0.2, 0) is 19.3 Å². The molecule has 2 aliphatic rings. The van der Waals surface area contributed by atoms with Gasteiger partial charge in [-0.1, -0.05) is 0 Å². The summed E-state index contributed by atoms with van der Waals surface area (Å²) in [7, 11) is 0. The highest BCUT2D eigenvalue weighted by molar-refractivity contribution is 5.56. The lowest BCUT2D eigenvalue weighted by atomic mass is 9.95. The average molecular weight is 219 g/mol. The van der Waals surface area contributed by atoms with Crippen molar-refractivity contribution >= 4 is 0 Å². The molecule has 0 bridgehead atoms. The highest BCUT2D eigenvalue weighted by Gasteiger charge is 2.26. The molecule has 0 spiro atoms. The van der Waals surface area contributed by atoms with Gasteiger partial charge in [0.05, 0.1) is 13.2 Å². The molecule has 0 aromatic heterocycles. The Balaban J connectivity index is 2.12. The fraction of sp³-hybridized carbons (Fsp3) is 0.538. The van der Waals surface area contributed by atoms with E-state index in [0.717, 1.165) is 44.0 Å². The number of fused-ring (bicyclic) bond motifs is 2. The fourth-order valence-electron chi connectivity index (χ4n) is 2.62. The number of rotatable bonds is 2. The first-order valence-corrected chi connectivity index (χ1v) is 5.94. The normalized spacial score (nSPS) is 18.6. The molecule has 16 heavy (non-hydrogen) atoms. The molecule has 0 saturated heterocycles. The molecule has 2 N–H and O–H groups in total. The molecule has 3 heteroatoms. The first kappa shape index (κ1) is 9.97. The van der Waals surface area contributed by atoms with Gasteiger partial charge in [0.1, 0.15) is 11.5 Å². The summed E-state index contributed by atoms with van der Waals surface area (Å²) in [5, 5.41) is 0. The van der Waals surface area contributed by atoms with E-state index in [1.54, 1.807) is 0 Å². The molecule has 0 saturated carbocycles. The van der Waals surface area contributed by atoms with E-state index in [-0.39, 0.29) is 6.04 Å². The minimum atomic E-state index is 0.167. The summed E-state index contributed by atoms with van der Waals surface area (Å²) in [6, 6.07) is 2.32. The Bertz CT molecular complexity index is 394. The number of hydrogen-bond donors (Lipinski definition) is 1. The monoisotopic (exact) mass is 219 g/mol. The largest absolute Gasteiger partial charge is 0.493 e. The van der Waals surface area contributed by atoms with Gasteiger partial charge in [-0.05, 0) is 19.4 Å². The molecular formula is C13H17NO2. The molecule has 0 aliphatic carbocycles. The van der Waals surface area contributed by atoms with E-state index in [1.807, 2.05) is 6.92 Å². The summed E-state index contributed by atoms with van der Waals surface area (Å²) in [6.07, 6.45) is 2.88. The van der Waals surface area contributed by atoms with E-state index in [4.69, 9.17) is 15.2 Å².